The predicted molar refractivity (Wildman–Crippen MR) is 99.0 cm³/mol. The number of carbonyl (C=O) groups excluding carboxylic acids is 2. The van der Waals surface area contributed by atoms with Gasteiger partial charge in [0.2, 0.25) is 5.91 Å². The highest BCUT2D eigenvalue weighted by atomic mass is 16.5. The van der Waals surface area contributed by atoms with Crippen molar-refractivity contribution in [1.29, 1.82) is 0 Å². The number of nitrogens with one attached hydrogen (secondary N) is 2. The van der Waals surface area contributed by atoms with Gasteiger partial charge in [-0.15, -0.1) is 0 Å². The van der Waals surface area contributed by atoms with Gasteiger partial charge in [0.05, 0.1) is 13.0 Å². The van der Waals surface area contributed by atoms with Crippen LogP contribution in [0.15, 0.2) is 42.5 Å². The normalized spacial score (nSPS) is 10.1. The third-order valence-electron chi connectivity index (χ3n) is 3.79. The molecule has 0 radical (unpaired) electrons. The summed E-state index contributed by atoms with van der Waals surface area (Å²) in [7, 11) is 0. The largest absolute Gasteiger partial charge is 0.494 e. The quantitative estimate of drug-likeness (QED) is 0.747. The molecule has 26 heavy (non-hydrogen) atoms. The molecule has 0 fully saturated rings. The lowest BCUT2D eigenvalue weighted by molar-refractivity contribution is -0.129. The van der Waals surface area contributed by atoms with Crippen molar-refractivity contribution in [2.24, 2.45) is 0 Å². The third-order valence-corrected chi connectivity index (χ3v) is 3.79. The molecule has 0 unspecified atom stereocenters. The molecule has 138 valence electrons. The van der Waals surface area contributed by atoms with Crippen LogP contribution in [0.5, 0.6) is 11.5 Å². The number of rotatable bonds is 7. The molecule has 2 rings (SSSR count). The van der Waals surface area contributed by atoms with Gasteiger partial charge < -0.3 is 9.47 Å². The zero-order valence-corrected chi connectivity index (χ0v) is 15.3. The number of carbonyl (C=O) groups is 2. The van der Waals surface area contributed by atoms with Crippen LogP contribution in [0.1, 0.15) is 23.6 Å². The van der Waals surface area contributed by atoms with Crippen LogP contribution < -0.4 is 20.3 Å². The van der Waals surface area contributed by atoms with Crippen LogP contribution in [0, 0.1) is 13.8 Å². The lowest BCUT2D eigenvalue weighted by Gasteiger charge is -2.10. The molecule has 0 heterocycles. The van der Waals surface area contributed by atoms with Crippen LogP contribution in [0.3, 0.4) is 0 Å². The summed E-state index contributed by atoms with van der Waals surface area (Å²) in [5.74, 6) is 0.634. The minimum atomic E-state index is -0.428. The maximum Gasteiger partial charge on any atom is 0.276 e. The summed E-state index contributed by atoms with van der Waals surface area (Å²) in [4.78, 5) is 23.7. The van der Waals surface area contributed by atoms with E-state index in [0.717, 1.165) is 22.4 Å². The third kappa shape index (κ3) is 6.12. The number of amides is 2. The summed E-state index contributed by atoms with van der Waals surface area (Å²) in [6.45, 7) is 6.31. The zero-order valence-electron chi connectivity index (χ0n) is 15.3. The van der Waals surface area contributed by atoms with Gasteiger partial charge in [-0.05, 0) is 61.7 Å². The highest BCUT2D eigenvalue weighted by Gasteiger charge is 2.07. The molecule has 2 aromatic rings. The van der Waals surface area contributed by atoms with Gasteiger partial charge in [0.25, 0.3) is 5.91 Å². The molecule has 0 saturated carbocycles. The highest BCUT2D eigenvalue weighted by Crippen LogP contribution is 2.16. The Balaban J connectivity index is 1.72. The lowest BCUT2D eigenvalue weighted by Crippen LogP contribution is -2.44. The van der Waals surface area contributed by atoms with E-state index in [1.807, 2.05) is 57.2 Å². The molecule has 0 aliphatic carbocycles. The zero-order chi connectivity index (χ0) is 18.9. The SMILES string of the molecule is CCOc1ccc(CC(=O)NNC(=O)COc2ccc(C)c(C)c2)cc1. The van der Waals surface area contributed by atoms with Gasteiger partial charge >= 0.3 is 0 Å². The fraction of sp³-hybridized carbons (Fsp3) is 0.300. The average molecular weight is 356 g/mol. The molecule has 0 spiro atoms. The number of hydrogen-bond acceptors (Lipinski definition) is 4. The first-order valence-corrected chi connectivity index (χ1v) is 8.47. The number of hydrogen-bond donors (Lipinski definition) is 2. The van der Waals surface area contributed by atoms with Crippen molar-refractivity contribution in [2.75, 3.05) is 13.2 Å². The second kappa shape index (κ2) is 9.46. The smallest absolute Gasteiger partial charge is 0.276 e. The molecule has 2 aromatic carbocycles. The number of hydrazine groups is 1. The Morgan fingerprint density at radius 2 is 1.50 bits per heavy atom. The second-order valence-electron chi connectivity index (χ2n) is 5.88. The average Bonchev–Trinajstić information content (AvgIpc) is 2.63. The van der Waals surface area contributed by atoms with Crippen LogP contribution in [0.4, 0.5) is 0 Å². The molecule has 0 aliphatic heterocycles. The van der Waals surface area contributed by atoms with Gasteiger partial charge in [-0.1, -0.05) is 18.2 Å². The summed E-state index contributed by atoms with van der Waals surface area (Å²) in [5, 5.41) is 0. The fourth-order valence-corrected chi connectivity index (χ4v) is 2.23. The Hall–Kier alpha value is -3.02. The van der Waals surface area contributed by atoms with E-state index in [9.17, 15) is 9.59 Å². The van der Waals surface area contributed by atoms with Crippen molar-refractivity contribution >= 4 is 11.8 Å². The molecule has 0 aliphatic rings. The van der Waals surface area contributed by atoms with E-state index in [1.54, 1.807) is 6.07 Å². The first kappa shape index (κ1) is 19.3. The molecular formula is C20H24N2O4. The Morgan fingerprint density at radius 1 is 0.846 bits per heavy atom. The van der Waals surface area contributed by atoms with Crippen molar-refractivity contribution in [3.05, 3.63) is 59.2 Å². The molecule has 2 N–H and O–H groups in total. The van der Waals surface area contributed by atoms with Crippen LogP contribution in [-0.4, -0.2) is 25.0 Å². The summed E-state index contributed by atoms with van der Waals surface area (Å²) in [6.07, 6.45) is 0.157. The summed E-state index contributed by atoms with van der Waals surface area (Å²) in [5.41, 5.74) is 7.79. The molecule has 0 saturated heterocycles. The molecule has 2 amide bonds. The number of ether oxygens (including phenoxy) is 2. The Labute approximate surface area is 153 Å². The van der Waals surface area contributed by atoms with E-state index < -0.39 is 5.91 Å². The van der Waals surface area contributed by atoms with E-state index in [0.29, 0.717) is 12.4 Å². The van der Waals surface area contributed by atoms with E-state index in [-0.39, 0.29) is 18.9 Å². The van der Waals surface area contributed by atoms with Crippen LogP contribution >= 0.6 is 0 Å². The summed E-state index contributed by atoms with van der Waals surface area (Å²) in [6, 6.07) is 12.9. The van der Waals surface area contributed by atoms with E-state index >= 15 is 0 Å². The van der Waals surface area contributed by atoms with E-state index in [1.165, 1.54) is 0 Å². The van der Waals surface area contributed by atoms with Crippen molar-refractivity contribution in [2.45, 2.75) is 27.2 Å². The number of aryl methyl sites for hydroxylation is 2. The van der Waals surface area contributed by atoms with Gasteiger partial charge in [0, 0.05) is 0 Å². The highest BCUT2D eigenvalue weighted by molar-refractivity contribution is 5.83. The molecule has 0 aromatic heterocycles. The maximum absolute atomic E-state index is 11.9. The lowest BCUT2D eigenvalue weighted by atomic mass is 10.1. The van der Waals surface area contributed by atoms with E-state index in [2.05, 4.69) is 10.9 Å². The van der Waals surface area contributed by atoms with Crippen molar-refractivity contribution < 1.29 is 19.1 Å². The first-order chi connectivity index (χ1) is 12.5. The van der Waals surface area contributed by atoms with Crippen molar-refractivity contribution in [3.8, 4) is 11.5 Å². The van der Waals surface area contributed by atoms with Gasteiger partial charge in [0.1, 0.15) is 11.5 Å². The molecule has 6 nitrogen and oxygen atoms in total. The summed E-state index contributed by atoms with van der Waals surface area (Å²) >= 11 is 0. The standard InChI is InChI=1S/C20H24N2O4/c1-4-25-17-9-6-16(7-10-17)12-19(23)21-22-20(24)13-26-18-8-5-14(2)15(3)11-18/h5-11H,4,12-13H2,1-3H3,(H,21,23)(H,22,24). The summed E-state index contributed by atoms with van der Waals surface area (Å²) < 4.78 is 10.8. The monoisotopic (exact) mass is 356 g/mol. The Morgan fingerprint density at radius 3 is 2.15 bits per heavy atom. The maximum atomic E-state index is 11.9. The first-order valence-electron chi connectivity index (χ1n) is 8.47. The fourth-order valence-electron chi connectivity index (χ4n) is 2.23. The van der Waals surface area contributed by atoms with Crippen molar-refractivity contribution in [3.63, 3.8) is 0 Å². The van der Waals surface area contributed by atoms with Crippen molar-refractivity contribution in [1.82, 2.24) is 10.9 Å². The molecule has 0 atom stereocenters. The van der Waals surface area contributed by atoms with E-state index in [4.69, 9.17) is 9.47 Å². The van der Waals surface area contributed by atoms with Crippen LogP contribution in [0.25, 0.3) is 0 Å². The Bertz CT molecular complexity index is 757. The van der Waals surface area contributed by atoms with Gasteiger partial charge in [-0.3, -0.25) is 20.4 Å². The van der Waals surface area contributed by atoms with Crippen LogP contribution in [-0.2, 0) is 16.0 Å². The van der Waals surface area contributed by atoms with Gasteiger partial charge in [0.15, 0.2) is 6.61 Å². The number of benzene rings is 2. The Kier molecular flexibility index (Phi) is 7.02. The molecule has 6 heteroatoms. The molecule has 0 bridgehead atoms. The van der Waals surface area contributed by atoms with Crippen LogP contribution in [0.2, 0.25) is 0 Å². The second-order valence-corrected chi connectivity index (χ2v) is 5.88. The minimum Gasteiger partial charge on any atom is -0.494 e. The molecular weight excluding hydrogens is 332 g/mol. The predicted octanol–water partition coefficient (Wildman–Crippen LogP) is 2.47. The van der Waals surface area contributed by atoms with Gasteiger partial charge in [-0.25, -0.2) is 0 Å². The van der Waals surface area contributed by atoms with Gasteiger partial charge in [-0.2, -0.15) is 0 Å². The topological polar surface area (TPSA) is 76.7 Å². The minimum absolute atomic E-state index is 0.157.